The van der Waals surface area contributed by atoms with Crippen LogP contribution in [0.15, 0.2) is 30.3 Å². The number of carbonyl (C=O) groups is 2. The first kappa shape index (κ1) is 17.5. The van der Waals surface area contributed by atoms with Crippen LogP contribution < -0.4 is 10.2 Å². The van der Waals surface area contributed by atoms with Crippen LogP contribution in [0.4, 0.5) is 11.5 Å². The van der Waals surface area contributed by atoms with Crippen LogP contribution in [0.1, 0.15) is 20.0 Å². The summed E-state index contributed by atoms with van der Waals surface area (Å²) in [5.41, 5.74) is 2.28. The molecule has 140 valence electrons. The summed E-state index contributed by atoms with van der Waals surface area (Å²) in [6.45, 7) is 3.12. The number of hydrogen-bond donors (Lipinski definition) is 2. The molecule has 1 aliphatic rings. The molecule has 2 aromatic heterocycles. The lowest BCUT2D eigenvalue weighted by atomic mass is 10.1. The number of nitrogens with zero attached hydrogens (tertiary/aromatic N) is 2. The van der Waals surface area contributed by atoms with E-state index in [2.05, 4.69) is 20.4 Å². The second kappa shape index (κ2) is 7.37. The fourth-order valence-electron chi connectivity index (χ4n) is 2.93. The number of methoxy groups -OCH3 is 1. The molecule has 1 amide bonds. The third-order valence-electron chi connectivity index (χ3n) is 4.36. The van der Waals surface area contributed by atoms with Gasteiger partial charge in [-0.25, -0.2) is 4.79 Å². The van der Waals surface area contributed by atoms with Gasteiger partial charge in [-0.05, 0) is 30.3 Å². The number of thiophene rings is 1. The molecule has 1 aliphatic heterocycles. The maximum Gasteiger partial charge on any atom is 0.348 e. The second-order valence-corrected chi connectivity index (χ2v) is 7.07. The number of carbonyl (C=O) groups excluding carboxylic acids is 2. The van der Waals surface area contributed by atoms with Crippen molar-refractivity contribution in [1.82, 2.24) is 10.2 Å². The van der Waals surface area contributed by atoms with Gasteiger partial charge in [0.1, 0.15) is 4.88 Å². The quantitative estimate of drug-likeness (QED) is 0.669. The first-order chi connectivity index (χ1) is 13.2. The summed E-state index contributed by atoms with van der Waals surface area (Å²) in [6, 6.07) is 9.10. The molecule has 0 saturated carbocycles. The minimum absolute atomic E-state index is 0.259. The van der Waals surface area contributed by atoms with Crippen molar-refractivity contribution in [3.05, 3.63) is 40.8 Å². The van der Waals surface area contributed by atoms with Crippen molar-refractivity contribution in [1.29, 1.82) is 0 Å². The van der Waals surface area contributed by atoms with Crippen LogP contribution in [-0.4, -0.2) is 55.5 Å². The number of rotatable bonds is 4. The standard InChI is InChI=1S/C18H18N4O4S/c1-25-18(24)14-10-13-15(27-14)16(21-20-13)19-17(23)11-2-4-12(5-3-11)22-6-8-26-9-7-22/h2-5,10H,6-9H2,1H3,(H2,19,20,21,23). The zero-order valence-corrected chi connectivity index (χ0v) is 15.5. The average Bonchev–Trinajstić information content (AvgIpc) is 3.30. The van der Waals surface area contributed by atoms with Crippen LogP contribution in [0.2, 0.25) is 0 Å². The minimum atomic E-state index is -0.416. The molecule has 27 heavy (non-hydrogen) atoms. The topological polar surface area (TPSA) is 96.6 Å². The number of ether oxygens (including phenoxy) is 2. The lowest BCUT2D eigenvalue weighted by Gasteiger charge is -2.28. The van der Waals surface area contributed by atoms with E-state index in [9.17, 15) is 9.59 Å². The Balaban J connectivity index is 1.49. The molecular formula is C18H18N4O4S. The van der Waals surface area contributed by atoms with Gasteiger partial charge in [0.2, 0.25) is 0 Å². The molecule has 4 rings (SSSR count). The van der Waals surface area contributed by atoms with Crippen molar-refractivity contribution in [3.8, 4) is 0 Å². The predicted molar refractivity (Wildman–Crippen MR) is 103 cm³/mol. The monoisotopic (exact) mass is 386 g/mol. The molecule has 8 nitrogen and oxygen atoms in total. The summed E-state index contributed by atoms with van der Waals surface area (Å²) in [4.78, 5) is 26.9. The average molecular weight is 386 g/mol. The molecule has 1 saturated heterocycles. The van der Waals surface area contributed by atoms with Crippen molar-refractivity contribution in [3.63, 3.8) is 0 Å². The van der Waals surface area contributed by atoms with Crippen LogP contribution in [0.25, 0.3) is 10.2 Å². The van der Waals surface area contributed by atoms with Crippen molar-refractivity contribution < 1.29 is 19.1 Å². The van der Waals surface area contributed by atoms with E-state index in [1.807, 2.05) is 12.1 Å². The van der Waals surface area contributed by atoms with Crippen LogP contribution in [0.5, 0.6) is 0 Å². The van der Waals surface area contributed by atoms with Gasteiger partial charge in [-0.1, -0.05) is 0 Å². The van der Waals surface area contributed by atoms with E-state index in [0.717, 1.165) is 18.8 Å². The van der Waals surface area contributed by atoms with Gasteiger partial charge in [0.15, 0.2) is 5.82 Å². The number of morpholine rings is 1. The summed E-state index contributed by atoms with van der Waals surface area (Å²) in [6.07, 6.45) is 0. The molecule has 0 radical (unpaired) electrons. The smallest absolute Gasteiger partial charge is 0.348 e. The van der Waals surface area contributed by atoms with Gasteiger partial charge < -0.3 is 19.7 Å². The number of aromatic nitrogens is 2. The number of H-pyrrole nitrogens is 1. The number of hydrogen-bond acceptors (Lipinski definition) is 7. The van der Waals surface area contributed by atoms with Crippen LogP contribution in [-0.2, 0) is 9.47 Å². The molecule has 0 atom stereocenters. The fraction of sp³-hybridized carbons (Fsp3) is 0.278. The van der Waals surface area contributed by atoms with Crippen molar-refractivity contribution in [2.45, 2.75) is 0 Å². The zero-order chi connectivity index (χ0) is 18.8. The first-order valence-electron chi connectivity index (χ1n) is 8.46. The van der Waals surface area contributed by atoms with Gasteiger partial charge in [0.25, 0.3) is 5.91 Å². The molecule has 2 N–H and O–H groups in total. The van der Waals surface area contributed by atoms with Gasteiger partial charge >= 0.3 is 5.97 Å². The van der Waals surface area contributed by atoms with Gasteiger partial charge in [-0.3, -0.25) is 9.89 Å². The summed E-state index contributed by atoms with van der Waals surface area (Å²) < 4.78 is 10.8. The maximum atomic E-state index is 12.6. The number of benzene rings is 1. The minimum Gasteiger partial charge on any atom is -0.465 e. The normalized spacial score (nSPS) is 14.3. The Labute approximate surface area is 159 Å². The Hall–Kier alpha value is -2.91. The lowest BCUT2D eigenvalue weighted by Crippen LogP contribution is -2.36. The second-order valence-electron chi connectivity index (χ2n) is 6.02. The molecular weight excluding hydrogens is 368 g/mol. The number of amides is 1. The number of aromatic amines is 1. The van der Waals surface area contributed by atoms with E-state index in [4.69, 9.17) is 9.47 Å². The third kappa shape index (κ3) is 3.51. The van der Waals surface area contributed by atoms with E-state index in [1.165, 1.54) is 18.4 Å². The van der Waals surface area contributed by atoms with Crippen LogP contribution >= 0.6 is 11.3 Å². The third-order valence-corrected chi connectivity index (χ3v) is 5.48. The molecule has 3 heterocycles. The van der Waals surface area contributed by atoms with Gasteiger partial charge in [-0.2, -0.15) is 5.10 Å². The lowest BCUT2D eigenvalue weighted by molar-refractivity contribution is 0.0606. The van der Waals surface area contributed by atoms with E-state index < -0.39 is 5.97 Å². The molecule has 3 aromatic rings. The molecule has 1 aromatic carbocycles. The highest BCUT2D eigenvalue weighted by molar-refractivity contribution is 7.21. The van der Waals surface area contributed by atoms with Gasteiger partial charge in [0.05, 0.1) is 30.5 Å². The molecule has 0 unspecified atom stereocenters. The summed E-state index contributed by atoms with van der Waals surface area (Å²) in [5.74, 6) is -0.280. The largest absolute Gasteiger partial charge is 0.465 e. The maximum absolute atomic E-state index is 12.6. The fourth-order valence-corrected chi connectivity index (χ4v) is 3.90. The number of esters is 1. The van der Waals surface area contributed by atoms with Gasteiger partial charge in [-0.15, -0.1) is 11.3 Å². The SMILES string of the molecule is COC(=O)c1cc2[nH]nc(NC(=O)c3ccc(N4CCOCC4)cc3)c2s1. The van der Waals surface area contributed by atoms with Crippen molar-refractivity contribution >= 4 is 44.9 Å². The highest BCUT2D eigenvalue weighted by Gasteiger charge is 2.18. The Morgan fingerprint density at radius 1 is 1.26 bits per heavy atom. The molecule has 9 heteroatoms. The molecule has 0 bridgehead atoms. The Morgan fingerprint density at radius 3 is 2.70 bits per heavy atom. The van der Waals surface area contributed by atoms with E-state index >= 15 is 0 Å². The highest BCUT2D eigenvalue weighted by atomic mass is 32.1. The highest BCUT2D eigenvalue weighted by Crippen LogP contribution is 2.30. The van der Waals surface area contributed by atoms with Crippen LogP contribution in [0, 0.1) is 0 Å². The number of fused-ring (bicyclic) bond motifs is 1. The molecule has 0 aliphatic carbocycles. The van der Waals surface area contributed by atoms with Crippen molar-refractivity contribution in [2.24, 2.45) is 0 Å². The molecule has 0 spiro atoms. The van der Waals surface area contributed by atoms with E-state index in [-0.39, 0.29) is 5.91 Å². The van der Waals surface area contributed by atoms with E-state index in [1.54, 1.807) is 18.2 Å². The zero-order valence-electron chi connectivity index (χ0n) is 14.7. The summed E-state index contributed by atoms with van der Waals surface area (Å²) in [7, 11) is 1.33. The van der Waals surface area contributed by atoms with Crippen LogP contribution in [0.3, 0.4) is 0 Å². The summed E-state index contributed by atoms with van der Waals surface area (Å²) in [5, 5.41) is 9.73. The van der Waals surface area contributed by atoms with E-state index in [0.29, 0.717) is 39.7 Å². The Kier molecular flexibility index (Phi) is 4.78. The van der Waals surface area contributed by atoms with Crippen molar-refractivity contribution in [2.75, 3.05) is 43.6 Å². The number of nitrogens with one attached hydrogen (secondary N) is 2. The Morgan fingerprint density at radius 2 is 2.00 bits per heavy atom. The molecule has 1 fully saturated rings. The predicted octanol–water partition coefficient (Wildman–Crippen LogP) is 2.50. The summed E-state index contributed by atoms with van der Waals surface area (Å²) >= 11 is 1.22. The van der Waals surface area contributed by atoms with Gasteiger partial charge in [0, 0.05) is 24.3 Å². The first-order valence-corrected chi connectivity index (χ1v) is 9.27. The number of anilines is 2. The Bertz CT molecular complexity index is 973.